The van der Waals surface area contributed by atoms with Gasteiger partial charge in [0.05, 0.1) is 26.9 Å². The minimum atomic E-state index is -1.21. The molecule has 2 fully saturated rings. The van der Waals surface area contributed by atoms with Crippen LogP contribution in [0.3, 0.4) is 0 Å². The lowest BCUT2D eigenvalue weighted by Crippen LogP contribution is -2.29. The number of hydrogen-bond acceptors (Lipinski definition) is 9. The van der Waals surface area contributed by atoms with Crippen LogP contribution in [-0.2, 0) is 0 Å². The standard InChI is InChI=1S/C13H26N2.C6H3N3O7/c1-2-4-9-15-11-6-5-10-14(8-3-1)12-7-13-15;10-6-4(8(13)14)1-3(7(11)12)2-5(6)9(15)16/h1-13H2;1-2,10H. The summed E-state index contributed by atoms with van der Waals surface area (Å²) in [6.45, 7) is 8.12. The SMILES string of the molecule is C1CCCN2CCCCN(CC1)CCC2.O=[N+]([O-])c1cc([N+](=O)[O-])c(O)c([N+](=O)[O-])c1. The Bertz CT molecular complexity index is 736. The van der Waals surface area contributed by atoms with Gasteiger partial charge in [0, 0.05) is 0 Å². The molecule has 1 aromatic rings. The summed E-state index contributed by atoms with van der Waals surface area (Å²) in [6, 6.07) is 0.894. The number of nitro groups is 3. The van der Waals surface area contributed by atoms with Gasteiger partial charge < -0.3 is 14.9 Å². The highest BCUT2D eigenvalue weighted by molar-refractivity contribution is 5.64. The first-order chi connectivity index (χ1) is 14.8. The van der Waals surface area contributed by atoms with E-state index in [1.165, 1.54) is 84.2 Å². The van der Waals surface area contributed by atoms with Gasteiger partial charge in [-0.1, -0.05) is 12.8 Å². The van der Waals surface area contributed by atoms with E-state index in [2.05, 4.69) is 9.80 Å². The van der Waals surface area contributed by atoms with Crippen molar-refractivity contribution in [2.45, 2.75) is 44.9 Å². The van der Waals surface area contributed by atoms with Crippen LogP contribution in [0.15, 0.2) is 12.1 Å². The molecule has 0 saturated carbocycles. The van der Waals surface area contributed by atoms with Gasteiger partial charge in [-0.3, -0.25) is 30.3 Å². The van der Waals surface area contributed by atoms with Crippen molar-refractivity contribution in [2.75, 3.05) is 39.3 Å². The lowest BCUT2D eigenvalue weighted by atomic mass is 10.1. The molecular weight excluding hydrogens is 410 g/mol. The number of benzene rings is 1. The molecule has 12 nitrogen and oxygen atoms in total. The van der Waals surface area contributed by atoms with Crippen molar-refractivity contribution in [1.82, 2.24) is 9.80 Å². The fourth-order valence-corrected chi connectivity index (χ4v) is 3.86. The highest BCUT2D eigenvalue weighted by atomic mass is 16.6. The minimum absolute atomic E-state index is 0.447. The Labute approximate surface area is 179 Å². The zero-order chi connectivity index (χ0) is 22.8. The molecule has 2 aliphatic rings. The predicted octanol–water partition coefficient (Wildman–Crippen LogP) is 3.47. The molecule has 2 heterocycles. The van der Waals surface area contributed by atoms with Crippen molar-refractivity contribution in [2.24, 2.45) is 0 Å². The van der Waals surface area contributed by atoms with Gasteiger partial charge in [0.15, 0.2) is 0 Å². The number of nitro benzene ring substituents is 3. The molecule has 2 atom stereocenters. The van der Waals surface area contributed by atoms with E-state index >= 15 is 0 Å². The molecule has 172 valence electrons. The Morgan fingerprint density at radius 1 is 0.613 bits per heavy atom. The van der Waals surface area contributed by atoms with Crippen molar-refractivity contribution < 1.29 is 19.9 Å². The maximum atomic E-state index is 10.4. The van der Waals surface area contributed by atoms with Crippen LogP contribution in [0.1, 0.15) is 44.9 Å². The van der Waals surface area contributed by atoms with E-state index in [-0.39, 0.29) is 0 Å². The Kier molecular flexibility index (Phi) is 9.53. The Balaban J connectivity index is 0.000000220. The van der Waals surface area contributed by atoms with Crippen LogP contribution in [0.2, 0.25) is 0 Å². The van der Waals surface area contributed by atoms with E-state index in [1.807, 2.05) is 0 Å². The third-order valence-electron chi connectivity index (χ3n) is 5.50. The fourth-order valence-electron chi connectivity index (χ4n) is 3.86. The van der Waals surface area contributed by atoms with Gasteiger partial charge >= 0.3 is 11.4 Å². The summed E-state index contributed by atoms with van der Waals surface area (Å²) >= 11 is 0. The summed E-state index contributed by atoms with van der Waals surface area (Å²) in [4.78, 5) is 33.2. The van der Waals surface area contributed by atoms with Crippen LogP contribution in [0.4, 0.5) is 17.1 Å². The number of nitrogens with zero attached hydrogens (tertiary/aromatic N) is 5. The van der Waals surface area contributed by atoms with Crippen molar-refractivity contribution in [1.29, 1.82) is 0 Å². The molecule has 2 saturated heterocycles. The van der Waals surface area contributed by atoms with Gasteiger partial charge in [0.25, 0.3) is 11.4 Å². The number of non-ortho nitro benzene ring substituents is 1. The highest BCUT2D eigenvalue weighted by Gasteiger charge is 2.30. The molecule has 0 radical (unpaired) electrons. The lowest BCUT2D eigenvalue weighted by molar-refractivity contribution is -0.404. The molecule has 0 spiro atoms. The lowest BCUT2D eigenvalue weighted by Gasteiger charge is -2.21. The van der Waals surface area contributed by atoms with Crippen molar-refractivity contribution >= 4 is 17.1 Å². The third-order valence-corrected chi connectivity index (χ3v) is 5.50. The molecule has 0 amide bonds. The van der Waals surface area contributed by atoms with E-state index in [0.29, 0.717) is 12.1 Å². The van der Waals surface area contributed by atoms with E-state index < -0.39 is 37.6 Å². The Morgan fingerprint density at radius 2 is 0.968 bits per heavy atom. The first kappa shape index (κ1) is 24.4. The van der Waals surface area contributed by atoms with Crippen LogP contribution in [-0.4, -0.2) is 68.9 Å². The van der Waals surface area contributed by atoms with Crippen LogP contribution in [0.5, 0.6) is 5.75 Å². The fraction of sp³-hybridized carbons (Fsp3) is 0.684. The number of phenols is 1. The molecule has 12 heteroatoms. The first-order valence-corrected chi connectivity index (χ1v) is 10.5. The van der Waals surface area contributed by atoms with Gasteiger partial charge in [-0.05, 0) is 71.4 Å². The molecule has 0 aromatic heterocycles. The minimum Gasteiger partial charge on any atom is -0.497 e. The zero-order valence-electron chi connectivity index (χ0n) is 17.5. The quantitative estimate of drug-likeness (QED) is 0.550. The predicted molar refractivity (Wildman–Crippen MR) is 113 cm³/mol. The van der Waals surface area contributed by atoms with Crippen LogP contribution < -0.4 is 0 Å². The van der Waals surface area contributed by atoms with Crippen LogP contribution >= 0.6 is 0 Å². The van der Waals surface area contributed by atoms with Crippen LogP contribution in [0, 0.1) is 30.3 Å². The largest absolute Gasteiger partial charge is 0.497 e. The van der Waals surface area contributed by atoms with Gasteiger partial charge in [-0.2, -0.15) is 0 Å². The van der Waals surface area contributed by atoms with Gasteiger partial charge in [0.2, 0.25) is 0 Å². The summed E-state index contributed by atoms with van der Waals surface area (Å²) in [7, 11) is 0. The summed E-state index contributed by atoms with van der Waals surface area (Å²) in [6.07, 6.45) is 9.97. The van der Waals surface area contributed by atoms with E-state index in [4.69, 9.17) is 5.11 Å². The second-order valence-electron chi connectivity index (χ2n) is 7.76. The second kappa shape index (κ2) is 12.1. The van der Waals surface area contributed by atoms with Gasteiger partial charge in [0.1, 0.15) is 0 Å². The molecule has 3 rings (SSSR count). The van der Waals surface area contributed by atoms with Gasteiger partial charge in [-0.25, -0.2) is 0 Å². The normalized spacial score (nSPS) is 22.1. The summed E-state index contributed by atoms with van der Waals surface area (Å²) in [5.41, 5.74) is -3.00. The molecule has 0 aliphatic carbocycles. The highest BCUT2D eigenvalue weighted by Crippen LogP contribution is 2.38. The maximum Gasteiger partial charge on any atom is 0.324 e. The summed E-state index contributed by atoms with van der Waals surface area (Å²) in [5, 5.41) is 40.2. The maximum absolute atomic E-state index is 10.4. The van der Waals surface area contributed by atoms with Crippen LogP contribution in [0.25, 0.3) is 0 Å². The number of hydrogen-bond donors (Lipinski definition) is 1. The molecule has 1 aromatic carbocycles. The summed E-state index contributed by atoms with van der Waals surface area (Å²) in [5.74, 6) is -1.21. The molecular formula is C19H29N5O7. The molecule has 1 N–H and O–H groups in total. The Morgan fingerprint density at radius 3 is 1.32 bits per heavy atom. The second-order valence-corrected chi connectivity index (χ2v) is 7.76. The average Bonchev–Trinajstić information content (AvgIpc) is 2.78. The molecule has 2 aliphatic heterocycles. The zero-order valence-corrected chi connectivity index (χ0v) is 17.5. The monoisotopic (exact) mass is 439 g/mol. The number of phenolic OH excluding ortho intramolecular Hbond substituents is 1. The third kappa shape index (κ3) is 7.72. The van der Waals surface area contributed by atoms with E-state index in [1.54, 1.807) is 0 Å². The Hall–Kier alpha value is -2.86. The van der Waals surface area contributed by atoms with Crippen molar-refractivity contribution in [3.8, 4) is 5.75 Å². The smallest absolute Gasteiger partial charge is 0.324 e. The van der Waals surface area contributed by atoms with Crippen molar-refractivity contribution in [3.05, 3.63) is 42.5 Å². The van der Waals surface area contributed by atoms with E-state index in [9.17, 15) is 30.3 Å². The molecule has 2 unspecified atom stereocenters. The van der Waals surface area contributed by atoms with Gasteiger partial charge in [-0.15, -0.1) is 0 Å². The van der Waals surface area contributed by atoms with E-state index in [0.717, 1.165) is 0 Å². The molecule has 31 heavy (non-hydrogen) atoms. The summed E-state index contributed by atoms with van der Waals surface area (Å²) < 4.78 is 0. The molecule has 2 bridgehead atoms. The topological polar surface area (TPSA) is 156 Å². The number of aromatic hydroxyl groups is 1. The van der Waals surface area contributed by atoms with Crippen molar-refractivity contribution in [3.63, 3.8) is 0 Å². The first-order valence-electron chi connectivity index (χ1n) is 10.5. The average molecular weight is 439 g/mol. The number of fused-ring (bicyclic) bond motifs is 4. The number of rotatable bonds is 3.